The number of rotatable bonds is 3. The van der Waals surface area contributed by atoms with Crippen LogP contribution in [0.5, 0.6) is 0 Å². The Balaban J connectivity index is 2.24. The summed E-state index contributed by atoms with van der Waals surface area (Å²) in [4.78, 5) is 14.2. The van der Waals surface area contributed by atoms with E-state index in [1.807, 2.05) is 6.07 Å². The molecule has 0 fully saturated rings. The highest BCUT2D eigenvalue weighted by Crippen LogP contribution is 2.24. The fourth-order valence-corrected chi connectivity index (χ4v) is 4.01. The average Bonchev–Trinajstić information content (AvgIpc) is 2.85. The Labute approximate surface area is 152 Å². The minimum absolute atomic E-state index is 0.0297. The summed E-state index contributed by atoms with van der Waals surface area (Å²) < 4.78 is 3.18. The second kappa shape index (κ2) is 6.70. The number of amides is 1. The number of halogens is 3. The lowest BCUT2D eigenvalue weighted by atomic mass is 10.2. The highest BCUT2D eigenvalue weighted by atomic mass is 127. The fourth-order valence-electron chi connectivity index (χ4n) is 1.63. The van der Waals surface area contributed by atoms with Crippen molar-refractivity contribution in [3.8, 4) is 0 Å². The molecule has 0 aliphatic rings. The highest BCUT2D eigenvalue weighted by Gasteiger charge is 2.17. The van der Waals surface area contributed by atoms with E-state index in [9.17, 15) is 4.79 Å². The Bertz CT molecular complexity index is 599. The third-order valence-electron chi connectivity index (χ3n) is 2.54. The molecule has 4 nitrogen and oxygen atoms in total. The topological polar surface area (TPSA) is 49.0 Å². The number of carbonyl (C=O) groups excluding carboxylic acids is 1. The van der Waals surface area contributed by atoms with E-state index in [-0.39, 0.29) is 5.91 Å². The van der Waals surface area contributed by atoms with Crippen LogP contribution in [0, 0.1) is 10.7 Å². The largest absolute Gasteiger partial charge is 0.337 e. The van der Waals surface area contributed by atoms with Gasteiger partial charge in [-0.1, -0.05) is 0 Å². The van der Waals surface area contributed by atoms with E-state index in [1.54, 1.807) is 24.3 Å². The van der Waals surface area contributed by atoms with Gasteiger partial charge in [-0.15, -0.1) is 0 Å². The monoisotopic (exact) mass is 593 g/mol. The Morgan fingerprint density at radius 3 is 2.74 bits per heavy atom. The number of nitrogens with one attached hydrogen (secondary N) is 1. The normalized spacial score (nSPS) is 10.5. The van der Waals surface area contributed by atoms with Gasteiger partial charge in [-0.2, -0.15) is 5.10 Å². The molecule has 0 aliphatic heterocycles. The molecule has 0 bridgehead atoms. The van der Waals surface area contributed by atoms with Gasteiger partial charge in [-0.25, -0.2) is 0 Å². The van der Waals surface area contributed by atoms with Crippen molar-refractivity contribution in [1.82, 2.24) is 15.1 Å². The number of aromatic amines is 1. The molecule has 0 aliphatic carbocycles. The van der Waals surface area contributed by atoms with Crippen LogP contribution in [0.2, 0.25) is 0 Å². The minimum Gasteiger partial charge on any atom is -0.337 e. The van der Waals surface area contributed by atoms with E-state index in [0.717, 1.165) is 21.8 Å². The Morgan fingerprint density at radius 1 is 1.37 bits per heavy atom. The zero-order chi connectivity index (χ0) is 14.0. The van der Waals surface area contributed by atoms with Gasteiger partial charge < -0.3 is 4.90 Å². The van der Waals surface area contributed by atoms with E-state index in [2.05, 4.69) is 84.0 Å². The SMILES string of the molecule is CN(Cc1cn[nH]c1)C(=O)c1cc(I)cc(I)c1I. The lowest BCUT2D eigenvalue weighted by Crippen LogP contribution is -2.27. The Hall–Kier alpha value is 0.0900. The molecule has 2 rings (SSSR count). The molecule has 1 aromatic carbocycles. The van der Waals surface area contributed by atoms with Gasteiger partial charge >= 0.3 is 0 Å². The van der Waals surface area contributed by atoms with Crippen LogP contribution in [0.1, 0.15) is 15.9 Å². The standard InChI is InChI=1S/C12H10I3N3O/c1-18(6-7-4-16-17-5-7)12(19)9-2-8(13)3-10(14)11(9)15/h2-5H,6H2,1H3,(H,16,17). The third-order valence-corrected chi connectivity index (χ3v) is 6.21. The van der Waals surface area contributed by atoms with E-state index >= 15 is 0 Å². The summed E-state index contributed by atoms with van der Waals surface area (Å²) >= 11 is 6.71. The number of nitrogens with zero attached hydrogens (tertiary/aromatic N) is 2. The lowest BCUT2D eigenvalue weighted by molar-refractivity contribution is 0.0784. The first-order valence-corrected chi connectivity index (χ1v) is 8.60. The average molecular weight is 593 g/mol. The van der Waals surface area contributed by atoms with Crippen molar-refractivity contribution in [2.24, 2.45) is 0 Å². The van der Waals surface area contributed by atoms with E-state index in [1.165, 1.54) is 0 Å². The van der Waals surface area contributed by atoms with E-state index in [4.69, 9.17) is 0 Å². The van der Waals surface area contributed by atoms with Crippen LogP contribution in [0.3, 0.4) is 0 Å². The maximum Gasteiger partial charge on any atom is 0.255 e. The van der Waals surface area contributed by atoms with Gasteiger partial charge in [-0.3, -0.25) is 9.89 Å². The first kappa shape index (κ1) is 15.5. The molecule has 0 spiro atoms. The van der Waals surface area contributed by atoms with Crippen LogP contribution in [0.25, 0.3) is 0 Å². The number of hydrogen-bond acceptors (Lipinski definition) is 2. The van der Waals surface area contributed by atoms with Gasteiger partial charge in [0, 0.05) is 36.1 Å². The number of carbonyl (C=O) groups is 1. The van der Waals surface area contributed by atoms with Gasteiger partial charge in [0.1, 0.15) is 0 Å². The molecule has 1 aromatic heterocycles. The summed E-state index contributed by atoms with van der Waals surface area (Å²) in [6, 6.07) is 3.99. The quantitative estimate of drug-likeness (QED) is 0.438. The zero-order valence-electron chi connectivity index (χ0n) is 9.95. The molecule has 7 heteroatoms. The first-order chi connectivity index (χ1) is 8.99. The maximum atomic E-state index is 12.5. The molecular weight excluding hydrogens is 583 g/mol. The summed E-state index contributed by atoms with van der Waals surface area (Å²) in [5.74, 6) is 0.0297. The van der Waals surface area contributed by atoms with Crippen molar-refractivity contribution in [3.05, 3.63) is 46.4 Å². The smallest absolute Gasteiger partial charge is 0.255 e. The van der Waals surface area contributed by atoms with Crippen LogP contribution in [-0.2, 0) is 6.54 Å². The van der Waals surface area contributed by atoms with Crippen molar-refractivity contribution in [2.45, 2.75) is 6.54 Å². The van der Waals surface area contributed by atoms with Crippen LogP contribution in [0.4, 0.5) is 0 Å². The Kier molecular flexibility index (Phi) is 5.45. The van der Waals surface area contributed by atoms with Crippen molar-refractivity contribution in [1.29, 1.82) is 0 Å². The molecule has 2 aromatic rings. The van der Waals surface area contributed by atoms with Gasteiger partial charge in [0.25, 0.3) is 5.91 Å². The van der Waals surface area contributed by atoms with Crippen LogP contribution in [-0.4, -0.2) is 28.1 Å². The van der Waals surface area contributed by atoms with Gasteiger partial charge in [0.05, 0.1) is 11.8 Å². The summed E-state index contributed by atoms with van der Waals surface area (Å²) in [7, 11) is 1.80. The predicted octanol–water partition coefficient (Wildman–Crippen LogP) is 3.50. The van der Waals surface area contributed by atoms with Gasteiger partial charge in [0.2, 0.25) is 0 Å². The van der Waals surface area contributed by atoms with Crippen LogP contribution in [0.15, 0.2) is 24.5 Å². The van der Waals surface area contributed by atoms with Crippen molar-refractivity contribution in [2.75, 3.05) is 7.05 Å². The zero-order valence-corrected chi connectivity index (χ0v) is 16.4. The molecule has 100 valence electrons. The van der Waals surface area contributed by atoms with Crippen molar-refractivity contribution in [3.63, 3.8) is 0 Å². The predicted molar refractivity (Wildman–Crippen MR) is 99.0 cm³/mol. The molecule has 1 amide bonds. The molecule has 0 unspecified atom stereocenters. The van der Waals surface area contributed by atoms with Crippen LogP contribution < -0.4 is 0 Å². The molecule has 1 N–H and O–H groups in total. The molecule has 0 radical (unpaired) electrons. The minimum atomic E-state index is 0.0297. The number of H-pyrrole nitrogens is 1. The lowest BCUT2D eigenvalue weighted by Gasteiger charge is -2.17. The number of benzene rings is 1. The molecule has 0 saturated carbocycles. The number of hydrogen-bond donors (Lipinski definition) is 1. The summed E-state index contributed by atoms with van der Waals surface area (Å²) in [6.07, 6.45) is 3.53. The second-order valence-corrected chi connectivity index (χ2v) is 7.50. The number of aromatic nitrogens is 2. The molecule has 1 heterocycles. The van der Waals surface area contributed by atoms with Gasteiger partial charge in [-0.05, 0) is 79.9 Å². The molecule has 0 saturated heterocycles. The third kappa shape index (κ3) is 3.80. The van der Waals surface area contributed by atoms with Crippen molar-refractivity contribution >= 4 is 73.7 Å². The molecule has 19 heavy (non-hydrogen) atoms. The molecular formula is C12H10I3N3O. The summed E-state index contributed by atoms with van der Waals surface area (Å²) in [6.45, 7) is 0.549. The van der Waals surface area contributed by atoms with Crippen molar-refractivity contribution < 1.29 is 4.79 Å². The van der Waals surface area contributed by atoms with Gasteiger partial charge in [0.15, 0.2) is 0 Å². The molecule has 0 atom stereocenters. The summed E-state index contributed by atoms with van der Waals surface area (Å²) in [5.41, 5.74) is 1.74. The first-order valence-electron chi connectivity index (χ1n) is 5.36. The fraction of sp³-hybridized carbons (Fsp3) is 0.167. The van der Waals surface area contributed by atoms with Crippen LogP contribution >= 0.6 is 67.8 Å². The maximum absolute atomic E-state index is 12.5. The Morgan fingerprint density at radius 2 is 2.11 bits per heavy atom. The summed E-state index contributed by atoms with van der Waals surface area (Å²) in [5, 5.41) is 6.64. The van der Waals surface area contributed by atoms with E-state index < -0.39 is 0 Å². The van der Waals surface area contributed by atoms with E-state index in [0.29, 0.717) is 6.54 Å². The highest BCUT2D eigenvalue weighted by molar-refractivity contribution is 14.1. The second-order valence-electron chi connectivity index (χ2n) is 4.02.